The fourth-order valence-corrected chi connectivity index (χ4v) is 5.28. The molecule has 10 nitrogen and oxygen atoms in total. The van der Waals surface area contributed by atoms with Gasteiger partial charge in [-0.1, -0.05) is 6.42 Å². The molecule has 1 unspecified atom stereocenters. The molecule has 3 rings (SSSR count). The van der Waals surface area contributed by atoms with Gasteiger partial charge in [0.15, 0.2) is 5.69 Å². The largest absolute Gasteiger partial charge is 0.480 e. The molecule has 2 heterocycles. The monoisotopic (exact) mass is 504 g/mol. The maximum Gasteiger partial charge on any atom is 0.435 e. The zero-order chi connectivity index (χ0) is 25.1. The first-order chi connectivity index (χ1) is 15.9. The van der Waals surface area contributed by atoms with E-state index in [1.165, 1.54) is 35.6 Å². The van der Waals surface area contributed by atoms with Crippen LogP contribution in [0.25, 0.3) is 0 Å². The quantitative estimate of drug-likeness (QED) is 0.564. The number of ether oxygens (including phenoxy) is 1. The van der Waals surface area contributed by atoms with Crippen LogP contribution in [0.4, 0.5) is 18.9 Å². The molecule has 1 amide bonds. The van der Waals surface area contributed by atoms with Gasteiger partial charge in [0, 0.05) is 31.4 Å². The van der Waals surface area contributed by atoms with Crippen LogP contribution in [0.5, 0.6) is 0 Å². The van der Waals surface area contributed by atoms with Gasteiger partial charge in [-0.25, -0.2) is 13.2 Å². The van der Waals surface area contributed by atoms with Crippen LogP contribution in [-0.2, 0) is 32.8 Å². The molecule has 1 fully saturated rings. The van der Waals surface area contributed by atoms with Gasteiger partial charge in [0.05, 0.1) is 11.5 Å². The maximum atomic E-state index is 13.1. The van der Waals surface area contributed by atoms with E-state index in [1.807, 2.05) is 0 Å². The molecule has 1 aromatic heterocycles. The first-order valence-electron chi connectivity index (χ1n) is 10.2. The van der Waals surface area contributed by atoms with Crippen LogP contribution in [0.1, 0.15) is 35.4 Å². The number of carbonyl (C=O) groups excluding carboxylic acids is 1. The summed E-state index contributed by atoms with van der Waals surface area (Å²) in [5.74, 6) is -1.99. The van der Waals surface area contributed by atoms with Crippen molar-refractivity contribution in [2.45, 2.75) is 36.4 Å². The molecular formula is C20H23F3N4O6S. The third-order valence-corrected chi connectivity index (χ3v) is 7.20. The summed E-state index contributed by atoms with van der Waals surface area (Å²) in [5, 5.41) is 14.4. The Morgan fingerprint density at radius 1 is 1.24 bits per heavy atom. The second-order valence-corrected chi connectivity index (χ2v) is 9.58. The zero-order valence-corrected chi connectivity index (χ0v) is 18.9. The Kier molecular flexibility index (Phi) is 7.63. The number of nitrogens with zero attached hydrogens (tertiary/aromatic N) is 3. The molecule has 0 spiro atoms. The summed E-state index contributed by atoms with van der Waals surface area (Å²) >= 11 is 0. The second-order valence-electron chi connectivity index (χ2n) is 7.69. The predicted molar refractivity (Wildman–Crippen MR) is 113 cm³/mol. The minimum absolute atomic E-state index is 0.0458. The highest BCUT2D eigenvalue weighted by molar-refractivity contribution is 7.89. The first kappa shape index (κ1) is 25.6. The standard InChI is InChI=1S/C20H23F3N4O6S/c1-26-16(10-17(25-26)20(21,22)23)19(30)24-13-5-7-15(8-6-13)34(31,32)27-9-3-2-4-14(27)11-33-12-18(28)29/h5-8,10,14H,2-4,9,11-12H2,1H3,(H,24,30)(H,28,29). The molecular weight excluding hydrogens is 481 g/mol. The van der Waals surface area contributed by atoms with Crippen molar-refractivity contribution in [1.82, 2.24) is 14.1 Å². The summed E-state index contributed by atoms with van der Waals surface area (Å²) in [6, 6.07) is 5.32. The van der Waals surface area contributed by atoms with Gasteiger partial charge in [0.2, 0.25) is 10.0 Å². The number of hydrogen-bond donors (Lipinski definition) is 2. The zero-order valence-electron chi connectivity index (χ0n) is 18.1. The van der Waals surface area contributed by atoms with Gasteiger partial charge in [-0.15, -0.1) is 0 Å². The smallest absolute Gasteiger partial charge is 0.435 e. The van der Waals surface area contributed by atoms with E-state index in [0.717, 1.165) is 11.1 Å². The van der Waals surface area contributed by atoms with Crippen molar-refractivity contribution >= 4 is 27.6 Å². The Morgan fingerprint density at radius 3 is 2.50 bits per heavy atom. The molecule has 1 aliphatic rings. The normalized spacial score (nSPS) is 17.5. The number of piperidine rings is 1. The van der Waals surface area contributed by atoms with Gasteiger partial charge < -0.3 is 15.2 Å². The minimum atomic E-state index is -4.70. The van der Waals surface area contributed by atoms with Crippen LogP contribution in [0.3, 0.4) is 0 Å². The Labute approximate surface area is 193 Å². The van der Waals surface area contributed by atoms with Crippen LogP contribution in [0.2, 0.25) is 0 Å². The Hall–Kier alpha value is -2.97. The Bertz CT molecular complexity index is 1150. The van der Waals surface area contributed by atoms with Crippen molar-refractivity contribution in [2.24, 2.45) is 7.05 Å². The van der Waals surface area contributed by atoms with Crippen molar-refractivity contribution in [3.8, 4) is 0 Å². The lowest BCUT2D eigenvalue weighted by molar-refractivity contribution is -0.143. The van der Waals surface area contributed by atoms with E-state index >= 15 is 0 Å². The molecule has 0 bridgehead atoms. The molecule has 0 saturated carbocycles. The number of hydrogen-bond acceptors (Lipinski definition) is 6. The number of halogens is 3. The number of carboxylic acid groups (broad SMARTS) is 1. The fourth-order valence-electron chi connectivity index (χ4n) is 3.60. The van der Waals surface area contributed by atoms with Crippen LogP contribution in [-0.4, -0.2) is 65.3 Å². The molecule has 1 aliphatic heterocycles. The number of amides is 1. The van der Waals surface area contributed by atoms with Crippen molar-refractivity contribution in [1.29, 1.82) is 0 Å². The molecule has 0 radical (unpaired) electrons. The third kappa shape index (κ3) is 5.93. The van der Waals surface area contributed by atoms with Crippen molar-refractivity contribution in [3.05, 3.63) is 41.7 Å². The summed E-state index contributed by atoms with van der Waals surface area (Å²) in [5.41, 5.74) is -1.34. The van der Waals surface area contributed by atoms with Crippen molar-refractivity contribution < 1.29 is 41.0 Å². The molecule has 34 heavy (non-hydrogen) atoms. The number of aryl methyl sites for hydroxylation is 1. The molecule has 186 valence electrons. The maximum absolute atomic E-state index is 13.1. The number of nitrogens with one attached hydrogen (secondary N) is 1. The van der Waals surface area contributed by atoms with E-state index in [-0.39, 0.29) is 29.4 Å². The van der Waals surface area contributed by atoms with Gasteiger partial charge in [-0.2, -0.15) is 22.6 Å². The molecule has 1 atom stereocenters. The van der Waals surface area contributed by atoms with Crippen molar-refractivity contribution in [3.63, 3.8) is 0 Å². The average molecular weight is 504 g/mol. The highest BCUT2D eigenvalue weighted by Gasteiger charge is 2.36. The van der Waals surface area contributed by atoms with Crippen molar-refractivity contribution in [2.75, 3.05) is 25.1 Å². The number of carboxylic acids is 1. The van der Waals surface area contributed by atoms with E-state index in [9.17, 15) is 31.2 Å². The highest BCUT2D eigenvalue weighted by Crippen LogP contribution is 2.29. The number of aliphatic carboxylic acids is 1. The third-order valence-electron chi connectivity index (χ3n) is 5.23. The second kappa shape index (κ2) is 10.1. The van der Waals surface area contributed by atoms with Gasteiger partial charge >= 0.3 is 12.1 Å². The predicted octanol–water partition coefficient (Wildman–Crippen LogP) is 2.34. The number of sulfonamides is 1. The molecule has 2 N–H and O–H groups in total. The van der Waals surface area contributed by atoms with Crippen LogP contribution >= 0.6 is 0 Å². The molecule has 1 saturated heterocycles. The van der Waals surface area contributed by atoms with E-state index in [2.05, 4.69) is 10.4 Å². The molecule has 2 aromatic rings. The molecule has 1 aromatic carbocycles. The Morgan fingerprint density at radius 2 is 1.91 bits per heavy atom. The van der Waals surface area contributed by atoms with Gasteiger partial charge in [0.1, 0.15) is 12.3 Å². The summed E-state index contributed by atoms with van der Waals surface area (Å²) in [6.45, 7) is -0.325. The topological polar surface area (TPSA) is 131 Å². The van der Waals surface area contributed by atoms with Gasteiger partial charge in [-0.05, 0) is 37.1 Å². The highest BCUT2D eigenvalue weighted by atomic mass is 32.2. The van der Waals surface area contributed by atoms with E-state index < -0.39 is 46.4 Å². The van der Waals surface area contributed by atoms with Gasteiger partial charge in [-0.3, -0.25) is 9.48 Å². The number of alkyl halides is 3. The number of benzene rings is 1. The van der Waals surface area contributed by atoms with E-state index in [0.29, 0.717) is 18.9 Å². The minimum Gasteiger partial charge on any atom is -0.480 e. The lowest BCUT2D eigenvalue weighted by atomic mass is 10.1. The van der Waals surface area contributed by atoms with Gasteiger partial charge in [0.25, 0.3) is 5.91 Å². The SMILES string of the molecule is Cn1nc(C(F)(F)F)cc1C(=O)Nc1ccc(S(=O)(=O)N2CCCCC2COCC(=O)O)cc1. The average Bonchev–Trinajstić information content (AvgIpc) is 3.16. The summed E-state index contributed by atoms with van der Waals surface area (Å²) < 4.78 is 71.9. The first-order valence-corrected chi connectivity index (χ1v) is 11.7. The number of anilines is 1. The lowest BCUT2D eigenvalue weighted by Gasteiger charge is -2.34. The van der Waals surface area contributed by atoms with Crippen LogP contribution in [0, 0.1) is 0 Å². The van der Waals surface area contributed by atoms with Crippen LogP contribution < -0.4 is 5.32 Å². The number of carbonyl (C=O) groups is 2. The summed E-state index contributed by atoms with van der Waals surface area (Å²) in [7, 11) is -2.72. The van der Waals surface area contributed by atoms with E-state index in [4.69, 9.17) is 9.84 Å². The van der Waals surface area contributed by atoms with E-state index in [1.54, 1.807) is 0 Å². The molecule has 14 heteroatoms. The number of aromatic nitrogens is 2. The molecule has 0 aliphatic carbocycles. The van der Waals surface area contributed by atoms with Crippen LogP contribution in [0.15, 0.2) is 35.2 Å². The Balaban J connectivity index is 1.72. The fraction of sp³-hybridized carbons (Fsp3) is 0.450. The number of rotatable bonds is 8. The summed E-state index contributed by atoms with van der Waals surface area (Å²) in [4.78, 5) is 23.0. The lowest BCUT2D eigenvalue weighted by Crippen LogP contribution is -2.46. The summed E-state index contributed by atoms with van der Waals surface area (Å²) in [6.07, 6.45) is -2.75.